The number of halogens is 1. The minimum absolute atomic E-state index is 0.0646. The highest BCUT2D eigenvalue weighted by atomic mass is 35.5. The third-order valence-electron chi connectivity index (χ3n) is 5.12. The lowest BCUT2D eigenvalue weighted by Gasteiger charge is -2.31. The molecule has 138 valence electrons. The maximum absolute atomic E-state index is 11.2. The van der Waals surface area contributed by atoms with Crippen molar-refractivity contribution in [1.82, 2.24) is 5.32 Å². The van der Waals surface area contributed by atoms with E-state index in [4.69, 9.17) is 16.3 Å². The molecule has 0 bridgehead atoms. The summed E-state index contributed by atoms with van der Waals surface area (Å²) in [6.45, 7) is 0. The molecule has 2 aromatic carbocycles. The largest absolute Gasteiger partial charge is 0.497 e. The van der Waals surface area contributed by atoms with Gasteiger partial charge in [-0.25, -0.2) is 0 Å². The molecule has 2 N–H and O–H groups in total. The van der Waals surface area contributed by atoms with Gasteiger partial charge in [0.25, 0.3) is 0 Å². The lowest BCUT2D eigenvalue weighted by molar-refractivity contribution is -0.142. The van der Waals surface area contributed by atoms with Gasteiger partial charge in [0, 0.05) is 11.1 Å². The average molecular weight is 374 g/mol. The van der Waals surface area contributed by atoms with Crippen LogP contribution in [0.25, 0.3) is 0 Å². The van der Waals surface area contributed by atoms with Crippen LogP contribution >= 0.6 is 11.6 Å². The Morgan fingerprint density at radius 2 is 1.88 bits per heavy atom. The van der Waals surface area contributed by atoms with Gasteiger partial charge in [0.1, 0.15) is 5.75 Å². The number of aliphatic carboxylic acids is 1. The fourth-order valence-electron chi connectivity index (χ4n) is 3.64. The number of nitrogens with one attached hydrogen (secondary N) is 1. The summed E-state index contributed by atoms with van der Waals surface area (Å²) in [5, 5.41) is 13.6. The van der Waals surface area contributed by atoms with E-state index < -0.39 is 5.97 Å². The summed E-state index contributed by atoms with van der Waals surface area (Å²) in [6.07, 6.45) is 3.12. The SMILES string of the molecule is COc1cccc(C(NC2CCC(C(=O)O)CC2)c2ccccc2Cl)c1. The van der Waals surface area contributed by atoms with Crippen molar-refractivity contribution in [1.29, 1.82) is 0 Å². The van der Waals surface area contributed by atoms with Crippen LogP contribution in [0.1, 0.15) is 42.9 Å². The first-order valence-electron chi connectivity index (χ1n) is 8.95. The summed E-state index contributed by atoms with van der Waals surface area (Å²) in [5.74, 6) is -0.0986. The molecule has 2 aromatic rings. The smallest absolute Gasteiger partial charge is 0.306 e. The van der Waals surface area contributed by atoms with Crippen LogP contribution in [0.4, 0.5) is 0 Å². The van der Waals surface area contributed by atoms with E-state index in [2.05, 4.69) is 11.4 Å². The van der Waals surface area contributed by atoms with Crippen LogP contribution < -0.4 is 10.1 Å². The van der Waals surface area contributed by atoms with Gasteiger partial charge in [-0.2, -0.15) is 0 Å². The van der Waals surface area contributed by atoms with E-state index in [1.165, 1.54) is 0 Å². The topological polar surface area (TPSA) is 58.6 Å². The zero-order valence-corrected chi connectivity index (χ0v) is 15.6. The van der Waals surface area contributed by atoms with E-state index in [1.807, 2.05) is 42.5 Å². The highest BCUT2D eigenvalue weighted by Gasteiger charge is 2.28. The lowest BCUT2D eigenvalue weighted by Crippen LogP contribution is -2.37. The quantitative estimate of drug-likeness (QED) is 0.772. The van der Waals surface area contributed by atoms with Gasteiger partial charge in [-0.3, -0.25) is 4.79 Å². The Labute approximate surface area is 159 Å². The van der Waals surface area contributed by atoms with E-state index in [1.54, 1.807) is 7.11 Å². The molecule has 4 nitrogen and oxygen atoms in total. The Morgan fingerprint density at radius 3 is 2.54 bits per heavy atom. The monoisotopic (exact) mass is 373 g/mol. The number of hydrogen-bond acceptors (Lipinski definition) is 3. The van der Waals surface area contributed by atoms with E-state index in [-0.39, 0.29) is 18.0 Å². The Hall–Kier alpha value is -2.04. The predicted octanol–water partition coefficient (Wildman–Crippen LogP) is 4.67. The van der Waals surface area contributed by atoms with Gasteiger partial charge in [-0.15, -0.1) is 0 Å². The van der Waals surface area contributed by atoms with Gasteiger partial charge in [-0.1, -0.05) is 41.9 Å². The van der Waals surface area contributed by atoms with Gasteiger partial charge in [0.2, 0.25) is 0 Å². The number of carbonyl (C=O) groups is 1. The summed E-state index contributed by atoms with van der Waals surface area (Å²) in [4.78, 5) is 11.2. The van der Waals surface area contributed by atoms with E-state index in [0.29, 0.717) is 17.9 Å². The van der Waals surface area contributed by atoms with Crippen LogP contribution in [-0.4, -0.2) is 24.2 Å². The van der Waals surface area contributed by atoms with E-state index in [9.17, 15) is 9.90 Å². The number of methoxy groups -OCH3 is 1. The number of benzene rings is 2. The number of hydrogen-bond donors (Lipinski definition) is 2. The van der Waals surface area contributed by atoms with Crippen LogP contribution in [0.2, 0.25) is 5.02 Å². The fraction of sp³-hybridized carbons (Fsp3) is 0.381. The molecule has 0 heterocycles. The summed E-state index contributed by atoms with van der Waals surface area (Å²) < 4.78 is 5.38. The van der Waals surface area contributed by atoms with Crippen molar-refractivity contribution in [2.45, 2.75) is 37.8 Å². The minimum Gasteiger partial charge on any atom is -0.497 e. The van der Waals surface area contributed by atoms with Crippen molar-refractivity contribution in [3.63, 3.8) is 0 Å². The molecule has 0 radical (unpaired) electrons. The fourth-order valence-corrected chi connectivity index (χ4v) is 3.88. The second kappa shape index (κ2) is 8.56. The Balaban J connectivity index is 1.84. The Morgan fingerprint density at radius 1 is 1.15 bits per heavy atom. The molecule has 0 amide bonds. The maximum atomic E-state index is 11.2. The third kappa shape index (κ3) is 4.37. The molecule has 0 spiro atoms. The first kappa shape index (κ1) is 18.7. The van der Waals surface area contributed by atoms with Crippen molar-refractivity contribution < 1.29 is 14.6 Å². The molecule has 1 fully saturated rings. The van der Waals surface area contributed by atoms with Crippen molar-refractivity contribution in [3.05, 3.63) is 64.7 Å². The molecule has 1 aliphatic rings. The van der Waals surface area contributed by atoms with Crippen molar-refractivity contribution in [2.24, 2.45) is 5.92 Å². The number of carboxylic acids is 1. The maximum Gasteiger partial charge on any atom is 0.306 e. The second-order valence-electron chi connectivity index (χ2n) is 6.78. The van der Waals surface area contributed by atoms with Gasteiger partial charge in [-0.05, 0) is 55.0 Å². The standard InChI is InChI=1S/C21H24ClNO3/c1-26-17-6-4-5-15(13-17)20(18-7-2-3-8-19(18)22)23-16-11-9-14(10-12-16)21(24)25/h2-8,13-14,16,20,23H,9-12H2,1H3,(H,24,25). The van der Waals surface area contributed by atoms with Gasteiger partial charge < -0.3 is 15.2 Å². The van der Waals surface area contributed by atoms with Crippen LogP contribution in [0.5, 0.6) is 5.75 Å². The zero-order valence-electron chi connectivity index (χ0n) is 14.8. The molecule has 26 heavy (non-hydrogen) atoms. The number of rotatable bonds is 6. The van der Waals surface area contributed by atoms with E-state index in [0.717, 1.165) is 29.7 Å². The Kier molecular flexibility index (Phi) is 6.17. The van der Waals surface area contributed by atoms with Gasteiger partial charge >= 0.3 is 5.97 Å². The van der Waals surface area contributed by atoms with Crippen LogP contribution in [0.15, 0.2) is 48.5 Å². The molecule has 5 heteroatoms. The number of carboxylic acid groups (broad SMARTS) is 1. The first-order chi connectivity index (χ1) is 12.6. The molecule has 1 unspecified atom stereocenters. The molecule has 1 saturated carbocycles. The van der Waals surface area contributed by atoms with Crippen molar-refractivity contribution >= 4 is 17.6 Å². The van der Waals surface area contributed by atoms with Crippen molar-refractivity contribution in [2.75, 3.05) is 7.11 Å². The molecule has 3 rings (SSSR count). The van der Waals surface area contributed by atoms with Crippen LogP contribution in [0, 0.1) is 5.92 Å². The summed E-state index contributed by atoms with van der Waals surface area (Å²) in [5.41, 5.74) is 2.10. The molecule has 0 aromatic heterocycles. The molecule has 1 atom stereocenters. The van der Waals surface area contributed by atoms with Crippen molar-refractivity contribution in [3.8, 4) is 5.75 Å². The molecule has 0 saturated heterocycles. The number of ether oxygens (including phenoxy) is 1. The minimum atomic E-state index is -0.682. The second-order valence-corrected chi connectivity index (χ2v) is 7.19. The summed E-state index contributed by atoms with van der Waals surface area (Å²) in [7, 11) is 1.66. The Bertz CT molecular complexity index is 756. The molecule has 1 aliphatic carbocycles. The molecular formula is C21H24ClNO3. The normalized spacial score (nSPS) is 21.2. The van der Waals surface area contributed by atoms with Crippen LogP contribution in [0.3, 0.4) is 0 Å². The first-order valence-corrected chi connectivity index (χ1v) is 9.33. The van der Waals surface area contributed by atoms with Crippen LogP contribution in [-0.2, 0) is 4.79 Å². The molecule has 0 aliphatic heterocycles. The summed E-state index contributed by atoms with van der Waals surface area (Å²) in [6, 6.07) is 16.0. The third-order valence-corrected chi connectivity index (χ3v) is 5.47. The predicted molar refractivity (Wildman–Crippen MR) is 103 cm³/mol. The van der Waals surface area contributed by atoms with Gasteiger partial charge in [0.15, 0.2) is 0 Å². The highest BCUT2D eigenvalue weighted by molar-refractivity contribution is 6.31. The summed E-state index contributed by atoms with van der Waals surface area (Å²) >= 11 is 6.48. The van der Waals surface area contributed by atoms with E-state index >= 15 is 0 Å². The zero-order chi connectivity index (χ0) is 18.5. The van der Waals surface area contributed by atoms with Gasteiger partial charge in [0.05, 0.1) is 19.1 Å². The lowest BCUT2D eigenvalue weighted by atomic mass is 9.85. The highest BCUT2D eigenvalue weighted by Crippen LogP contribution is 2.33. The average Bonchev–Trinajstić information content (AvgIpc) is 2.67. The molecular weight excluding hydrogens is 350 g/mol.